The van der Waals surface area contributed by atoms with E-state index in [4.69, 9.17) is 23.8 Å². The van der Waals surface area contributed by atoms with Crippen molar-refractivity contribution in [2.75, 3.05) is 0 Å². The summed E-state index contributed by atoms with van der Waals surface area (Å²) in [5.74, 6) is 0.193. The first kappa shape index (κ1) is 10.3. The van der Waals surface area contributed by atoms with Crippen LogP contribution in [0.5, 0.6) is 0 Å². The maximum Gasteiger partial charge on any atom is 0.199 e. The van der Waals surface area contributed by atoms with Crippen LogP contribution in [0.2, 0.25) is 5.02 Å². The van der Waals surface area contributed by atoms with Crippen LogP contribution in [0.3, 0.4) is 0 Å². The Morgan fingerprint density at radius 1 is 1.53 bits per heavy atom. The number of hydrogen-bond acceptors (Lipinski definition) is 2. The predicted molar refractivity (Wildman–Crippen MR) is 58.5 cm³/mol. The third kappa shape index (κ3) is 1.80. The molecule has 1 aromatic heterocycles. The van der Waals surface area contributed by atoms with Gasteiger partial charge in [-0.25, -0.2) is 4.39 Å². The Morgan fingerprint density at radius 2 is 2.27 bits per heavy atom. The summed E-state index contributed by atoms with van der Waals surface area (Å²) in [4.78, 5) is 0. The molecule has 0 aliphatic heterocycles. The van der Waals surface area contributed by atoms with E-state index in [1.807, 2.05) is 0 Å². The second-order valence-corrected chi connectivity index (χ2v) is 3.80. The van der Waals surface area contributed by atoms with Gasteiger partial charge in [0, 0.05) is 0 Å². The first-order chi connectivity index (χ1) is 7.09. The number of nitrogens with zero attached hydrogens (tertiary/aromatic N) is 2. The van der Waals surface area contributed by atoms with Gasteiger partial charge in [-0.1, -0.05) is 11.6 Å². The van der Waals surface area contributed by atoms with Crippen molar-refractivity contribution in [2.45, 2.75) is 6.92 Å². The molecule has 1 heterocycles. The van der Waals surface area contributed by atoms with Crippen LogP contribution >= 0.6 is 23.8 Å². The van der Waals surface area contributed by atoms with Crippen LogP contribution in [0.15, 0.2) is 18.2 Å². The molecule has 1 aromatic carbocycles. The van der Waals surface area contributed by atoms with Gasteiger partial charge in [0.25, 0.3) is 0 Å². The SMILES string of the molecule is Cc1n[nH]c(=S)n1-c1ccc(Cl)c(F)c1. The number of benzene rings is 1. The first-order valence-corrected chi connectivity index (χ1v) is 4.97. The van der Waals surface area contributed by atoms with E-state index in [9.17, 15) is 4.39 Å². The molecule has 78 valence electrons. The van der Waals surface area contributed by atoms with Crippen molar-refractivity contribution in [1.82, 2.24) is 14.8 Å². The Balaban J connectivity index is 2.65. The van der Waals surface area contributed by atoms with E-state index in [0.29, 0.717) is 16.3 Å². The van der Waals surface area contributed by atoms with Crippen molar-refractivity contribution in [3.63, 3.8) is 0 Å². The average Bonchev–Trinajstić information content (AvgIpc) is 2.52. The number of aromatic nitrogens is 3. The minimum absolute atomic E-state index is 0.0893. The second kappa shape index (κ2) is 3.75. The fraction of sp³-hybridized carbons (Fsp3) is 0.111. The van der Waals surface area contributed by atoms with Crippen molar-refractivity contribution < 1.29 is 4.39 Å². The number of halogens is 2. The van der Waals surface area contributed by atoms with Crippen LogP contribution in [0.25, 0.3) is 5.69 Å². The van der Waals surface area contributed by atoms with E-state index in [2.05, 4.69) is 10.2 Å². The van der Waals surface area contributed by atoms with Crippen molar-refractivity contribution >= 4 is 23.8 Å². The molecule has 2 aromatic rings. The highest BCUT2D eigenvalue weighted by Gasteiger charge is 2.06. The van der Waals surface area contributed by atoms with E-state index in [1.54, 1.807) is 17.6 Å². The molecule has 0 aliphatic carbocycles. The molecule has 1 N–H and O–H groups in total. The van der Waals surface area contributed by atoms with E-state index in [1.165, 1.54) is 12.1 Å². The molecule has 0 amide bonds. The van der Waals surface area contributed by atoms with Crippen molar-refractivity contribution in [3.8, 4) is 5.69 Å². The van der Waals surface area contributed by atoms with Gasteiger partial charge in [-0.15, -0.1) is 0 Å². The molecule has 0 spiro atoms. The summed E-state index contributed by atoms with van der Waals surface area (Å²) >= 11 is 10.6. The Hall–Kier alpha value is -1.20. The molecule has 0 aliphatic rings. The molecule has 0 radical (unpaired) electrons. The van der Waals surface area contributed by atoms with Gasteiger partial charge in [0.1, 0.15) is 11.6 Å². The summed E-state index contributed by atoms with van der Waals surface area (Å²) in [6, 6.07) is 4.49. The minimum Gasteiger partial charge on any atom is -0.272 e. The van der Waals surface area contributed by atoms with Crippen LogP contribution in [0, 0.1) is 17.5 Å². The molecule has 0 atom stereocenters. The zero-order valence-corrected chi connectivity index (χ0v) is 9.36. The van der Waals surface area contributed by atoms with Crippen LogP contribution in [-0.2, 0) is 0 Å². The van der Waals surface area contributed by atoms with Gasteiger partial charge in [-0.05, 0) is 37.3 Å². The average molecular weight is 244 g/mol. The zero-order valence-electron chi connectivity index (χ0n) is 7.79. The predicted octanol–water partition coefficient (Wildman–Crippen LogP) is 3.03. The molecule has 2 rings (SSSR count). The van der Waals surface area contributed by atoms with E-state index < -0.39 is 5.82 Å². The van der Waals surface area contributed by atoms with Gasteiger partial charge in [0.05, 0.1) is 10.7 Å². The van der Waals surface area contributed by atoms with Gasteiger partial charge in [-0.3, -0.25) is 9.67 Å². The monoisotopic (exact) mass is 243 g/mol. The highest BCUT2D eigenvalue weighted by molar-refractivity contribution is 7.71. The van der Waals surface area contributed by atoms with Gasteiger partial charge >= 0.3 is 0 Å². The van der Waals surface area contributed by atoms with Crippen molar-refractivity contribution in [1.29, 1.82) is 0 Å². The molecular formula is C9H7ClFN3S. The molecule has 0 fully saturated rings. The smallest absolute Gasteiger partial charge is 0.199 e. The molecule has 0 saturated heterocycles. The second-order valence-electron chi connectivity index (χ2n) is 3.01. The molecule has 0 unspecified atom stereocenters. The molecule has 15 heavy (non-hydrogen) atoms. The van der Waals surface area contributed by atoms with Crippen molar-refractivity contribution in [3.05, 3.63) is 39.6 Å². The molecule has 0 saturated carbocycles. The topological polar surface area (TPSA) is 33.6 Å². The number of nitrogens with one attached hydrogen (secondary N) is 1. The van der Waals surface area contributed by atoms with Crippen molar-refractivity contribution in [2.24, 2.45) is 0 Å². The van der Waals surface area contributed by atoms with E-state index in [0.717, 1.165) is 0 Å². The zero-order chi connectivity index (χ0) is 11.0. The molecular weight excluding hydrogens is 237 g/mol. The molecule has 6 heteroatoms. The van der Waals surface area contributed by atoms with Gasteiger partial charge in [0.15, 0.2) is 4.77 Å². The van der Waals surface area contributed by atoms with Gasteiger partial charge in [-0.2, -0.15) is 5.10 Å². The van der Waals surface area contributed by atoms with E-state index in [-0.39, 0.29) is 5.02 Å². The van der Waals surface area contributed by atoms with Crippen LogP contribution in [-0.4, -0.2) is 14.8 Å². The lowest BCUT2D eigenvalue weighted by molar-refractivity contribution is 0.626. The summed E-state index contributed by atoms with van der Waals surface area (Å²) in [6.07, 6.45) is 0. The molecule has 3 nitrogen and oxygen atoms in total. The minimum atomic E-state index is -0.475. The Labute approximate surface area is 95.5 Å². The standard InChI is InChI=1S/C9H7ClFN3S/c1-5-12-13-9(15)14(5)6-2-3-7(10)8(11)4-6/h2-4H,1H3,(H,13,15). The number of rotatable bonds is 1. The van der Waals surface area contributed by atoms with Crippen LogP contribution in [0.1, 0.15) is 5.82 Å². The Morgan fingerprint density at radius 3 is 2.80 bits per heavy atom. The van der Waals surface area contributed by atoms with Crippen LogP contribution < -0.4 is 0 Å². The summed E-state index contributed by atoms with van der Waals surface area (Å²) in [5.41, 5.74) is 0.605. The highest BCUT2D eigenvalue weighted by Crippen LogP contribution is 2.19. The fourth-order valence-electron chi connectivity index (χ4n) is 1.30. The summed E-state index contributed by atoms with van der Waals surface area (Å²) in [6.45, 7) is 1.78. The largest absolute Gasteiger partial charge is 0.272 e. The summed E-state index contributed by atoms with van der Waals surface area (Å²) in [7, 11) is 0. The van der Waals surface area contributed by atoms with Crippen LogP contribution in [0.4, 0.5) is 4.39 Å². The lowest BCUT2D eigenvalue weighted by atomic mass is 10.3. The number of H-pyrrole nitrogens is 1. The maximum absolute atomic E-state index is 13.2. The normalized spacial score (nSPS) is 10.6. The third-order valence-corrected chi connectivity index (χ3v) is 2.58. The fourth-order valence-corrected chi connectivity index (χ4v) is 1.70. The van der Waals surface area contributed by atoms with E-state index >= 15 is 0 Å². The van der Waals surface area contributed by atoms with Gasteiger partial charge in [0.2, 0.25) is 0 Å². The Bertz CT molecular complexity index is 561. The number of hydrogen-bond donors (Lipinski definition) is 1. The summed E-state index contributed by atoms with van der Waals surface area (Å²) in [5, 5.41) is 6.65. The highest BCUT2D eigenvalue weighted by atomic mass is 35.5. The molecule has 0 bridgehead atoms. The first-order valence-electron chi connectivity index (χ1n) is 4.19. The maximum atomic E-state index is 13.2. The van der Waals surface area contributed by atoms with Gasteiger partial charge < -0.3 is 0 Å². The summed E-state index contributed by atoms with van der Waals surface area (Å²) < 4.78 is 15.3. The Kier molecular flexibility index (Phi) is 2.58. The number of aromatic amines is 1. The lowest BCUT2D eigenvalue weighted by Gasteiger charge is -2.04. The lowest BCUT2D eigenvalue weighted by Crippen LogP contribution is -1.97. The third-order valence-electron chi connectivity index (χ3n) is 2.00. The number of aryl methyl sites for hydroxylation is 1. The quantitative estimate of drug-likeness (QED) is 0.781.